The molecule has 9 atom stereocenters. The zero-order valence-electron chi connectivity index (χ0n) is 43.3. The van der Waals surface area contributed by atoms with E-state index in [4.69, 9.17) is 4.74 Å². The van der Waals surface area contributed by atoms with Crippen molar-refractivity contribution >= 4 is 17.5 Å². The first-order valence-electron chi connectivity index (χ1n) is 28.9. The average molecular weight is 923 g/mol. The van der Waals surface area contributed by atoms with Crippen LogP contribution in [0.3, 0.4) is 0 Å². The summed E-state index contributed by atoms with van der Waals surface area (Å²) in [6.45, 7) is 8.96. The topological polar surface area (TPSA) is 121 Å². The maximum Gasteiger partial charge on any atom is 0.331 e. The first kappa shape index (κ1) is 55.4. The van der Waals surface area contributed by atoms with Crippen molar-refractivity contribution in [3.05, 3.63) is 11.6 Å². The number of ketones is 2. The highest BCUT2D eigenvalue weighted by Gasteiger charge is 2.75. The Balaban J connectivity index is 1.21. The molecule has 7 nitrogen and oxygen atoms in total. The summed E-state index contributed by atoms with van der Waals surface area (Å²) in [5, 5.41) is 37.2. The van der Waals surface area contributed by atoms with Gasteiger partial charge in [-0.15, -0.1) is 0 Å². The number of cyclic esters (lactones) is 1. The van der Waals surface area contributed by atoms with E-state index in [1.54, 1.807) is 6.08 Å². The van der Waals surface area contributed by atoms with Crippen LogP contribution < -0.4 is 0 Å². The molecule has 5 aliphatic rings. The van der Waals surface area contributed by atoms with Gasteiger partial charge < -0.3 is 20.1 Å². The third-order valence-electron chi connectivity index (χ3n) is 19.3. The summed E-state index contributed by atoms with van der Waals surface area (Å²) in [4.78, 5) is 42.9. The quantitative estimate of drug-likeness (QED) is 0.0329. The largest absolute Gasteiger partial charge is 0.458 e. The van der Waals surface area contributed by atoms with E-state index in [9.17, 15) is 20.1 Å². The molecule has 0 amide bonds. The predicted octanol–water partition coefficient (Wildman–Crippen LogP) is 14.8. The highest BCUT2D eigenvalue weighted by atomic mass is 16.5. The number of aliphatic hydroxyl groups is 3. The third kappa shape index (κ3) is 13.2. The number of hydrogen-bond donors (Lipinski definition) is 3. The second-order valence-electron chi connectivity index (χ2n) is 23.4. The van der Waals surface area contributed by atoms with Gasteiger partial charge in [-0.2, -0.15) is 0 Å². The molecular weight excluding hydrogens is 821 g/mol. The van der Waals surface area contributed by atoms with Crippen molar-refractivity contribution in [2.45, 2.75) is 296 Å². The number of esters is 1. The molecule has 7 heteroatoms. The first-order chi connectivity index (χ1) is 31.9. The van der Waals surface area contributed by atoms with Crippen molar-refractivity contribution in [1.82, 2.24) is 0 Å². The highest BCUT2D eigenvalue weighted by Crippen LogP contribution is 2.73. The number of hydrogen-bond acceptors (Lipinski definition) is 7. The van der Waals surface area contributed by atoms with Gasteiger partial charge in [0.25, 0.3) is 0 Å². The minimum absolute atomic E-state index is 0.0148. The smallest absolute Gasteiger partial charge is 0.331 e. The van der Waals surface area contributed by atoms with Crippen LogP contribution in [0, 0.1) is 39.9 Å². The molecule has 0 saturated heterocycles. The van der Waals surface area contributed by atoms with E-state index >= 15 is 9.59 Å². The highest BCUT2D eigenvalue weighted by molar-refractivity contribution is 6.08. The van der Waals surface area contributed by atoms with Gasteiger partial charge >= 0.3 is 5.97 Å². The van der Waals surface area contributed by atoms with Crippen LogP contribution >= 0.6 is 0 Å². The number of ether oxygens (including phenoxy) is 1. The Hall–Kier alpha value is -1.57. The van der Waals surface area contributed by atoms with Gasteiger partial charge in [-0.3, -0.25) is 9.59 Å². The second kappa shape index (κ2) is 27.7. The molecule has 4 saturated carbocycles. The van der Waals surface area contributed by atoms with E-state index in [0.29, 0.717) is 38.5 Å². The predicted molar refractivity (Wildman–Crippen MR) is 270 cm³/mol. The lowest BCUT2D eigenvalue weighted by Gasteiger charge is -2.68. The zero-order valence-corrected chi connectivity index (χ0v) is 43.3. The fourth-order valence-electron chi connectivity index (χ4n) is 15.3. The monoisotopic (exact) mass is 923 g/mol. The van der Waals surface area contributed by atoms with Crippen LogP contribution in [0.25, 0.3) is 0 Å². The molecule has 5 rings (SSSR count). The summed E-state index contributed by atoms with van der Waals surface area (Å²) in [6.07, 6.45) is 42.0. The summed E-state index contributed by atoms with van der Waals surface area (Å²) < 4.78 is 5.35. The van der Waals surface area contributed by atoms with E-state index in [1.165, 1.54) is 154 Å². The molecule has 1 aliphatic heterocycles. The fourth-order valence-corrected chi connectivity index (χ4v) is 15.3. The van der Waals surface area contributed by atoms with Crippen LogP contribution in [0.1, 0.15) is 278 Å². The minimum atomic E-state index is -1.33. The number of fused-ring (bicyclic) bond motifs is 5. The number of aliphatic hydroxyl groups excluding tert-OH is 2. The Morgan fingerprint density at radius 1 is 0.576 bits per heavy atom. The van der Waals surface area contributed by atoms with Gasteiger partial charge in [-0.25, -0.2) is 4.79 Å². The molecular formula is C59H102O7. The van der Waals surface area contributed by atoms with Gasteiger partial charge in [0.1, 0.15) is 18.2 Å². The van der Waals surface area contributed by atoms with Gasteiger partial charge in [-0.05, 0) is 92.4 Å². The van der Waals surface area contributed by atoms with Gasteiger partial charge in [0.15, 0.2) is 0 Å². The molecule has 3 N–H and O–H groups in total. The molecule has 4 aliphatic carbocycles. The lowest BCUT2D eigenvalue weighted by atomic mass is 9.35. The van der Waals surface area contributed by atoms with Crippen LogP contribution in [-0.4, -0.2) is 57.3 Å². The zero-order chi connectivity index (χ0) is 47.5. The molecule has 380 valence electrons. The number of unbranched alkanes of at least 4 members (excludes halogenated alkanes) is 28. The molecule has 0 spiro atoms. The molecule has 0 bridgehead atoms. The van der Waals surface area contributed by atoms with Crippen molar-refractivity contribution in [1.29, 1.82) is 0 Å². The Morgan fingerprint density at radius 2 is 1.00 bits per heavy atom. The molecule has 0 unspecified atom stereocenters. The van der Waals surface area contributed by atoms with Crippen LogP contribution in [-0.2, 0) is 19.1 Å². The van der Waals surface area contributed by atoms with Gasteiger partial charge in [-0.1, -0.05) is 207 Å². The fraction of sp³-hybridized carbons (Fsp3) is 0.915. The maximum absolute atomic E-state index is 15.3. The minimum Gasteiger partial charge on any atom is -0.458 e. The Morgan fingerprint density at radius 3 is 1.41 bits per heavy atom. The van der Waals surface area contributed by atoms with E-state index < -0.39 is 34.1 Å². The third-order valence-corrected chi connectivity index (χ3v) is 19.3. The van der Waals surface area contributed by atoms with E-state index in [2.05, 4.69) is 20.8 Å². The second-order valence-corrected chi connectivity index (χ2v) is 23.4. The van der Waals surface area contributed by atoms with E-state index in [1.807, 2.05) is 6.92 Å². The maximum atomic E-state index is 15.3. The van der Waals surface area contributed by atoms with Crippen LogP contribution in [0.5, 0.6) is 0 Å². The van der Waals surface area contributed by atoms with Crippen molar-refractivity contribution < 1.29 is 34.4 Å². The molecule has 0 aromatic rings. The molecule has 1 heterocycles. The molecule has 0 aromatic heterocycles. The average Bonchev–Trinajstić information content (AvgIpc) is 3.86. The van der Waals surface area contributed by atoms with E-state index in [0.717, 1.165) is 56.9 Å². The van der Waals surface area contributed by atoms with Crippen LogP contribution in [0.2, 0.25) is 0 Å². The van der Waals surface area contributed by atoms with Crippen molar-refractivity contribution in [2.75, 3.05) is 6.61 Å². The molecule has 0 aromatic carbocycles. The lowest BCUT2D eigenvalue weighted by molar-refractivity contribution is -0.262. The molecule has 66 heavy (non-hydrogen) atoms. The van der Waals surface area contributed by atoms with Gasteiger partial charge in [0, 0.05) is 24.3 Å². The van der Waals surface area contributed by atoms with E-state index in [-0.39, 0.29) is 54.2 Å². The van der Waals surface area contributed by atoms with Gasteiger partial charge in [0.05, 0.1) is 23.2 Å². The number of rotatable bonds is 35. The summed E-state index contributed by atoms with van der Waals surface area (Å²) in [5.74, 6) is -0.971. The van der Waals surface area contributed by atoms with Crippen LogP contribution in [0.4, 0.5) is 0 Å². The molecule has 0 radical (unpaired) electrons. The Labute approximate surface area is 404 Å². The Kier molecular flexibility index (Phi) is 23.3. The van der Waals surface area contributed by atoms with Gasteiger partial charge in [0.2, 0.25) is 0 Å². The number of carbonyl (C=O) groups is 3. The van der Waals surface area contributed by atoms with Crippen LogP contribution in [0.15, 0.2) is 11.6 Å². The van der Waals surface area contributed by atoms with Crippen molar-refractivity contribution in [3.63, 3.8) is 0 Å². The van der Waals surface area contributed by atoms with Crippen molar-refractivity contribution in [2.24, 2.45) is 39.9 Å². The Bertz CT molecular complexity index is 1440. The summed E-state index contributed by atoms with van der Waals surface area (Å²) in [7, 11) is 0. The van der Waals surface area contributed by atoms with Crippen molar-refractivity contribution in [3.8, 4) is 0 Å². The number of Topliss-reactive ketones (excluding diaryl/α,β-unsaturated/α-hetero) is 2. The summed E-state index contributed by atoms with van der Waals surface area (Å²) in [5.41, 5.74) is -3.33. The molecule has 4 fully saturated rings. The number of carbonyl (C=O) groups excluding carboxylic acids is 3. The summed E-state index contributed by atoms with van der Waals surface area (Å²) >= 11 is 0. The normalized spacial score (nSPS) is 31.3. The SMILES string of the molecule is CCCCCCCCCCCCCCCCCC(=O)C1(C(=O)CCCCCCCCCCCCCCCCC)C[C@@H](O)C[C@H]2CC[C@@H]3[C@H](C[C@@H](O)[C@]4(C)[C@@H](C5=CC(=O)OC5)CC[C@]34O)[C@]21C. The first-order valence-corrected chi connectivity index (χ1v) is 28.9. The standard InChI is InChI=1S/C59H102O7/c1-5-7-9-11-13-15-17-19-21-23-25-27-29-31-33-35-52(61)58(53(62)36-34-32-30-28-26-24-22-20-18-16-14-12-10-8-6-2)44-48(60)42-47-37-38-50-51(56(47,58)3)43-54(63)57(4)49(39-40-59(50,57)65)46-41-55(64)66-45-46/h41,47-51,54,60,63,65H,5-40,42-45H2,1-4H3/t47-,48+,49-,50-,51+,54-,56+,57+,59+/m1/s1. The lowest BCUT2D eigenvalue weighted by Crippen LogP contribution is -2.72. The summed E-state index contributed by atoms with van der Waals surface area (Å²) in [6, 6.07) is 0.